The van der Waals surface area contributed by atoms with Gasteiger partial charge in [0.1, 0.15) is 5.75 Å². The lowest BCUT2D eigenvalue weighted by Crippen LogP contribution is -2.55. The largest absolute Gasteiger partial charge is 0.573 e. The number of hydrogen-bond acceptors (Lipinski definition) is 8. The summed E-state index contributed by atoms with van der Waals surface area (Å²) < 4.78 is 69.5. The van der Waals surface area contributed by atoms with Gasteiger partial charge in [-0.3, -0.25) is 14.5 Å². The lowest BCUT2D eigenvalue weighted by Gasteiger charge is -2.42. The van der Waals surface area contributed by atoms with Crippen molar-refractivity contribution in [2.75, 3.05) is 57.3 Å². The number of hydrogen-bond donors (Lipinski definition) is 1. The van der Waals surface area contributed by atoms with Crippen LogP contribution >= 0.6 is 0 Å². The molecule has 1 N–H and O–H groups in total. The van der Waals surface area contributed by atoms with Crippen molar-refractivity contribution in [2.45, 2.75) is 30.1 Å². The summed E-state index contributed by atoms with van der Waals surface area (Å²) in [6.45, 7) is 4.75. The van der Waals surface area contributed by atoms with Crippen molar-refractivity contribution < 1.29 is 40.8 Å². The summed E-state index contributed by atoms with van der Waals surface area (Å²) in [5.41, 5.74) is 0.270. The molecule has 0 unspecified atom stereocenters. The third-order valence-corrected chi connectivity index (χ3v) is 9.71. The number of nitrogens with one attached hydrogen (secondary N) is 1. The molecule has 2 amide bonds. The highest BCUT2D eigenvalue weighted by Crippen LogP contribution is 2.29. The number of piperidine rings is 1. The molecule has 47 heavy (non-hydrogen) atoms. The van der Waals surface area contributed by atoms with Gasteiger partial charge in [0.2, 0.25) is 5.91 Å². The lowest BCUT2D eigenvalue weighted by molar-refractivity contribution is -0.274. The molecule has 252 valence electrons. The highest BCUT2D eigenvalue weighted by molar-refractivity contribution is 7.92. The number of carbonyl (C=O) groups excluding carboxylic acids is 2. The van der Waals surface area contributed by atoms with Gasteiger partial charge in [0.15, 0.2) is 5.75 Å². The monoisotopic (exact) mass is 675 g/mol. The molecule has 0 spiro atoms. The van der Waals surface area contributed by atoms with E-state index < -0.39 is 28.0 Å². The third-order valence-electron chi connectivity index (χ3n) is 8.12. The van der Waals surface area contributed by atoms with Crippen LogP contribution in [0.25, 0.3) is 0 Å². The summed E-state index contributed by atoms with van der Waals surface area (Å²) in [5.74, 6) is -1.30. The van der Waals surface area contributed by atoms with Crippen LogP contribution in [0.15, 0.2) is 83.8 Å². The SMILES string of the molecule is CN1CCC(N2CCN(C(=O)CNC(=O)c3ccc(S(=O)(=O)N(Oc4ccc(OC(F)(F)F)cc4)c4ccccc4)cc3)CC2)CC1. The van der Waals surface area contributed by atoms with Crippen LogP contribution in [0.4, 0.5) is 18.9 Å². The number of alkyl halides is 3. The molecule has 5 rings (SSSR count). The standard InChI is InChI=1S/C32H36F3N5O6S/c1-37-17-15-25(16-18-37)38-19-21-39(22-20-38)30(41)23-36-31(42)24-7-13-29(14-8-24)47(43,44)40(26-5-3-2-4-6-26)46-28-11-9-27(10-12-28)45-32(33,34)35/h2-14,25H,15-23H2,1H3,(H,36,42). The first-order valence-electron chi connectivity index (χ1n) is 15.1. The van der Waals surface area contributed by atoms with Crippen LogP contribution < -0.4 is 19.4 Å². The zero-order valence-corrected chi connectivity index (χ0v) is 26.5. The van der Waals surface area contributed by atoms with Gasteiger partial charge >= 0.3 is 6.36 Å². The number of rotatable bonds is 10. The maximum Gasteiger partial charge on any atom is 0.573 e. The van der Waals surface area contributed by atoms with E-state index in [2.05, 4.69) is 26.9 Å². The number of carbonyl (C=O) groups is 2. The predicted molar refractivity (Wildman–Crippen MR) is 167 cm³/mol. The maximum atomic E-state index is 13.7. The van der Waals surface area contributed by atoms with Crippen molar-refractivity contribution in [1.29, 1.82) is 0 Å². The van der Waals surface area contributed by atoms with E-state index in [1.807, 2.05) is 0 Å². The summed E-state index contributed by atoms with van der Waals surface area (Å²) in [6, 6.07) is 17.7. The second kappa shape index (κ2) is 14.6. The number of anilines is 1. The van der Waals surface area contributed by atoms with Crippen molar-refractivity contribution >= 4 is 27.5 Å². The Kier molecular flexibility index (Phi) is 10.6. The predicted octanol–water partition coefficient (Wildman–Crippen LogP) is 3.74. The smallest absolute Gasteiger partial charge is 0.406 e. The van der Waals surface area contributed by atoms with Gasteiger partial charge in [0.05, 0.1) is 17.1 Å². The lowest BCUT2D eigenvalue weighted by atomic mass is 10.0. The number of sulfonamides is 1. The summed E-state index contributed by atoms with van der Waals surface area (Å²) in [4.78, 5) is 37.6. The van der Waals surface area contributed by atoms with Crippen LogP contribution in [0.1, 0.15) is 23.2 Å². The van der Waals surface area contributed by atoms with E-state index in [9.17, 15) is 31.2 Å². The van der Waals surface area contributed by atoms with Crippen molar-refractivity contribution in [3.8, 4) is 11.5 Å². The Morgan fingerprint density at radius 1 is 0.851 bits per heavy atom. The Labute approximate surface area is 271 Å². The molecule has 0 atom stereocenters. The first-order valence-corrected chi connectivity index (χ1v) is 16.6. The van der Waals surface area contributed by atoms with Crippen molar-refractivity contribution in [3.63, 3.8) is 0 Å². The molecular weight excluding hydrogens is 639 g/mol. The molecule has 0 radical (unpaired) electrons. The van der Waals surface area contributed by atoms with E-state index >= 15 is 0 Å². The van der Waals surface area contributed by atoms with Gasteiger partial charge in [0, 0.05) is 37.8 Å². The number of benzene rings is 3. The van der Waals surface area contributed by atoms with Crippen molar-refractivity contribution in [3.05, 3.63) is 84.4 Å². The minimum atomic E-state index is -4.89. The van der Waals surface area contributed by atoms with Gasteiger partial charge in [-0.15, -0.1) is 13.2 Å². The zero-order chi connectivity index (χ0) is 33.6. The van der Waals surface area contributed by atoms with Gasteiger partial charge in [-0.2, -0.15) is 8.42 Å². The van der Waals surface area contributed by atoms with Gasteiger partial charge in [0.25, 0.3) is 15.9 Å². The Balaban J connectivity index is 1.19. The fourth-order valence-corrected chi connectivity index (χ4v) is 6.78. The first kappa shape index (κ1) is 34.0. The molecule has 0 aromatic heterocycles. The van der Waals surface area contributed by atoms with Crippen molar-refractivity contribution in [1.82, 2.24) is 20.0 Å². The molecule has 15 heteroatoms. The Morgan fingerprint density at radius 2 is 1.45 bits per heavy atom. The van der Waals surface area contributed by atoms with E-state index in [0.717, 1.165) is 63.3 Å². The highest BCUT2D eigenvalue weighted by atomic mass is 32.2. The van der Waals surface area contributed by atoms with Crippen LogP contribution in [-0.2, 0) is 14.8 Å². The Morgan fingerprint density at radius 3 is 2.04 bits per heavy atom. The molecule has 3 aromatic carbocycles. The molecule has 0 bridgehead atoms. The quantitative estimate of drug-likeness (QED) is 0.324. The zero-order valence-electron chi connectivity index (χ0n) is 25.7. The summed E-state index contributed by atoms with van der Waals surface area (Å²) in [7, 11) is -2.26. The number of nitrogens with zero attached hydrogens (tertiary/aromatic N) is 4. The number of piperazine rings is 1. The summed E-state index contributed by atoms with van der Waals surface area (Å²) in [5, 5.41) is 2.62. The fraction of sp³-hybridized carbons (Fsp3) is 0.375. The highest BCUT2D eigenvalue weighted by Gasteiger charge is 2.32. The van der Waals surface area contributed by atoms with Crippen LogP contribution in [0.3, 0.4) is 0 Å². The normalized spacial score (nSPS) is 16.8. The maximum absolute atomic E-state index is 13.7. The molecule has 2 fully saturated rings. The van der Waals surface area contributed by atoms with Crippen LogP contribution in [0.2, 0.25) is 0 Å². The van der Waals surface area contributed by atoms with Crippen molar-refractivity contribution in [2.24, 2.45) is 0 Å². The fourth-order valence-electron chi connectivity index (χ4n) is 5.53. The molecule has 2 aliphatic heterocycles. The third kappa shape index (κ3) is 8.93. The number of amides is 2. The molecule has 3 aromatic rings. The molecule has 2 saturated heterocycles. The molecule has 0 saturated carbocycles. The summed E-state index contributed by atoms with van der Waals surface area (Å²) in [6.07, 6.45) is -2.64. The second-order valence-corrected chi connectivity index (χ2v) is 13.1. The minimum absolute atomic E-state index is 0.0733. The topological polar surface area (TPSA) is 112 Å². The van der Waals surface area contributed by atoms with E-state index in [-0.39, 0.29) is 34.3 Å². The Bertz CT molecular complexity index is 1610. The average Bonchev–Trinajstić information content (AvgIpc) is 3.07. The number of para-hydroxylation sites is 1. The van der Waals surface area contributed by atoms with E-state index in [0.29, 0.717) is 23.6 Å². The summed E-state index contributed by atoms with van der Waals surface area (Å²) >= 11 is 0. The molecule has 2 aliphatic rings. The molecule has 2 heterocycles. The van der Waals surface area contributed by atoms with E-state index in [1.165, 1.54) is 36.4 Å². The van der Waals surface area contributed by atoms with Gasteiger partial charge in [-0.1, -0.05) is 22.7 Å². The van der Waals surface area contributed by atoms with Crippen LogP contribution in [0, 0.1) is 0 Å². The van der Waals surface area contributed by atoms with Crippen LogP contribution in [0.5, 0.6) is 11.5 Å². The average molecular weight is 676 g/mol. The minimum Gasteiger partial charge on any atom is -0.406 e. The second-order valence-electron chi connectivity index (χ2n) is 11.3. The number of ether oxygens (including phenoxy) is 1. The molecular formula is C32H36F3N5O6S. The van der Waals surface area contributed by atoms with E-state index in [1.54, 1.807) is 23.1 Å². The Hall–Kier alpha value is -4.34. The first-order chi connectivity index (χ1) is 22.4. The van der Waals surface area contributed by atoms with Crippen LogP contribution in [-0.4, -0.2) is 100 Å². The molecule has 0 aliphatic carbocycles. The number of halogens is 3. The van der Waals surface area contributed by atoms with E-state index in [4.69, 9.17) is 4.84 Å². The number of likely N-dealkylation sites (tertiary alicyclic amines) is 1. The van der Waals surface area contributed by atoms with Gasteiger partial charge in [-0.05, 0) is 93.6 Å². The van der Waals surface area contributed by atoms with Gasteiger partial charge < -0.3 is 24.7 Å². The molecule has 11 nitrogen and oxygen atoms in total. The van der Waals surface area contributed by atoms with Gasteiger partial charge in [-0.25, -0.2) is 0 Å².